The van der Waals surface area contributed by atoms with Gasteiger partial charge in [-0.2, -0.15) is 5.26 Å². The third-order valence-corrected chi connectivity index (χ3v) is 6.38. The van der Waals surface area contributed by atoms with E-state index in [4.69, 9.17) is 0 Å². The minimum atomic E-state index is -2.09. The zero-order valence-corrected chi connectivity index (χ0v) is 19.1. The van der Waals surface area contributed by atoms with Crippen LogP contribution >= 0.6 is 0 Å². The van der Waals surface area contributed by atoms with E-state index in [0.29, 0.717) is 44.4 Å². The van der Waals surface area contributed by atoms with E-state index in [2.05, 4.69) is 11.1 Å². The molecule has 6 nitrogen and oxygen atoms in total. The van der Waals surface area contributed by atoms with Crippen molar-refractivity contribution in [3.8, 4) is 22.9 Å². The van der Waals surface area contributed by atoms with Crippen LogP contribution in [0.4, 0.5) is 4.39 Å². The van der Waals surface area contributed by atoms with E-state index in [9.17, 15) is 15.2 Å². The van der Waals surface area contributed by atoms with Crippen molar-refractivity contribution in [3.05, 3.63) is 118 Å². The maximum absolute atomic E-state index is 17.4. The topological polar surface area (TPSA) is 83.8 Å². The first-order chi connectivity index (χ1) is 16.8. The predicted molar refractivity (Wildman–Crippen MR) is 132 cm³/mol. The molecule has 2 heterocycles. The van der Waals surface area contributed by atoms with Crippen LogP contribution in [0.25, 0.3) is 22.0 Å². The Bertz CT molecular complexity index is 1680. The number of hydrogen-bond acceptors (Lipinski definition) is 4. The predicted octanol–water partition coefficient (Wildman–Crippen LogP) is 4.78. The summed E-state index contributed by atoms with van der Waals surface area (Å²) in [6.45, 7) is 0. The minimum absolute atomic E-state index is 0.0692. The molecule has 0 bridgehead atoms. The fourth-order valence-electron chi connectivity index (χ4n) is 4.51. The Morgan fingerprint density at radius 3 is 2.40 bits per heavy atom. The monoisotopic (exact) mass is 464 g/mol. The number of aromatic hydroxyl groups is 1. The van der Waals surface area contributed by atoms with Gasteiger partial charge in [0.15, 0.2) is 0 Å². The standard InChI is InChI=1S/C28H21FN4O2/c1-32-17-31-16-26(32)28(29,20-8-6-18(15-30)7-9-20)21-10-11-25-24(13-21)23(14-27(35)33(25)2)19-4-3-5-22(34)12-19/h3-14,16-17,34H,1-2H3/t28-/m1/s1. The van der Waals surface area contributed by atoms with Gasteiger partial charge in [0, 0.05) is 31.1 Å². The molecule has 0 fully saturated rings. The third kappa shape index (κ3) is 3.56. The first-order valence-electron chi connectivity index (χ1n) is 10.9. The maximum atomic E-state index is 17.4. The summed E-state index contributed by atoms with van der Waals surface area (Å²) >= 11 is 0. The van der Waals surface area contributed by atoms with Gasteiger partial charge in [0.1, 0.15) is 5.75 Å². The third-order valence-electron chi connectivity index (χ3n) is 6.38. The summed E-state index contributed by atoms with van der Waals surface area (Å²) in [4.78, 5) is 16.8. The minimum Gasteiger partial charge on any atom is -0.508 e. The largest absolute Gasteiger partial charge is 0.508 e. The molecule has 35 heavy (non-hydrogen) atoms. The van der Waals surface area contributed by atoms with E-state index in [0.717, 1.165) is 0 Å². The van der Waals surface area contributed by atoms with Gasteiger partial charge >= 0.3 is 0 Å². The van der Waals surface area contributed by atoms with Gasteiger partial charge in [-0.05, 0) is 53.1 Å². The van der Waals surface area contributed by atoms with Gasteiger partial charge in [-0.15, -0.1) is 0 Å². The molecule has 1 atom stereocenters. The molecule has 3 aromatic carbocycles. The normalized spacial score (nSPS) is 12.9. The van der Waals surface area contributed by atoms with Gasteiger partial charge in [0.05, 0.1) is 35.4 Å². The smallest absolute Gasteiger partial charge is 0.251 e. The molecule has 0 aliphatic rings. The van der Waals surface area contributed by atoms with E-state index in [1.807, 2.05) is 0 Å². The highest BCUT2D eigenvalue weighted by atomic mass is 19.1. The molecule has 0 saturated heterocycles. The summed E-state index contributed by atoms with van der Waals surface area (Å²) in [5, 5.41) is 19.9. The van der Waals surface area contributed by atoms with Crippen LogP contribution in [0.1, 0.15) is 22.4 Å². The number of rotatable bonds is 4. The van der Waals surface area contributed by atoms with Gasteiger partial charge in [0.25, 0.3) is 5.56 Å². The summed E-state index contributed by atoms with van der Waals surface area (Å²) in [6.07, 6.45) is 3.02. The molecule has 5 aromatic rings. The maximum Gasteiger partial charge on any atom is 0.251 e. The molecule has 0 spiro atoms. The molecule has 2 aromatic heterocycles. The second kappa shape index (κ2) is 8.26. The summed E-state index contributed by atoms with van der Waals surface area (Å²) < 4.78 is 20.5. The molecule has 7 heteroatoms. The summed E-state index contributed by atoms with van der Waals surface area (Å²) in [5.74, 6) is 0.0692. The lowest BCUT2D eigenvalue weighted by Crippen LogP contribution is -2.26. The lowest BCUT2D eigenvalue weighted by atomic mass is 9.83. The Labute approximate surface area is 200 Å². The van der Waals surface area contributed by atoms with E-state index >= 15 is 4.39 Å². The number of benzene rings is 3. The molecular formula is C28H21FN4O2. The van der Waals surface area contributed by atoms with Crippen molar-refractivity contribution in [2.75, 3.05) is 0 Å². The molecule has 0 amide bonds. The lowest BCUT2D eigenvalue weighted by molar-refractivity contribution is 0.267. The number of imidazole rings is 1. The number of halogens is 1. The molecule has 0 saturated carbocycles. The van der Waals surface area contributed by atoms with Crippen molar-refractivity contribution in [1.29, 1.82) is 5.26 Å². The summed E-state index contributed by atoms with van der Waals surface area (Å²) in [6, 6.07) is 21.7. The zero-order valence-electron chi connectivity index (χ0n) is 19.1. The van der Waals surface area contributed by atoms with Gasteiger partial charge < -0.3 is 14.2 Å². The van der Waals surface area contributed by atoms with E-state index < -0.39 is 5.67 Å². The SMILES string of the molecule is Cn1cncc1[C@@](F)(c1ccc(C#N)cc1)c1ccc2c(c1)c(-c1cccc(O)c1)cc(=O)n2C. The van der Waals surface area contributed by atoms with Crippen LogP contribution in [0, 0.1) is 11.3 Å². The fraction of sp³-hybridized carbons (Fsp3) is 0.107. The van der Waals surface area contributed by atoms with Crippen LogP contribution < -0.4 is 5.56 Å². The number of pyridine rings is 1. The Morgan fingerprint density at radius 2 is 1.74 bits per heavy atom. The Hall–Kier alpha value is -4.70. The quantitative estimate of drug-likeness (QED) is 0.415. The Kier molecular flexibility index (Phi) is 5.22. The van der Waals surface area contributed by atoms with Crippen molar-refractivity contribution >= 4 is 10.9 Å². The number of nitrogens with zero attached hydrogens (tertiary/aromatic N) is 4. The van der Waals surface area contributed by atoms with Crippen molar-refractivity contribution in [3.63, 3.8) is 0 Å². The van der Waals surface area contributed by atoms with Crippen LogP contribution in [-0.2, 0) is 19.8 Å². The second-order valence-corrected chi connectivity index (χ2v) is 8.47. The highest BCUT2D eigenvalue weighted by Crippen LogP contribution is 2.42. The fourth-order valence-corrected chi connectivity index (χ4v) is 4.51. The zero-order chi connectivity index (χ0) is 24.7. The van der Waals surface area contributed by atoms with Gasteiger partial charge in [-0.1, -0.05) is 30.3 Å². The second-order valence-electron chi connectivity index (χ2n) is 8.47. The molecule has 0 aliphatic heterocycles. The van der Waals surface area contributed by atoms with Gasteiger partial charge in [-0.3, -0.25) is 4.79 Å². The van der Waals surface area contributed by atoms with Crippen LogP contribution in [0.5, 0.6) is 5.75 Å². The number of phenolic OH excluding ortho intramolecular Hbond substituents is 1. The van der Waals surface area contributed by atoms with Crippen molar-refractivity contribution in [1.82, 2.24) is 14.1 Å². The summed E-state index contributed by atoms with van der Waals surface area (Å²) in [5.41, 5.74) is 1.02. The number of aryl methyl sites for hydroxylation is 2. The molecular weight excluding hydrogens is 443 g/mol. The van der Waals surface area contributed by atoms with Gasteiger partial charge in [0.2, 0.25) is 5.67 Å². The lowest BCUT2D eigenvalue weighted by Gasteiger charge is -2.28. The van der Waals surface area contributed by atoms with Crippen LogP contribution in [-0.4, -0.2) is 19.2 Å². The molecule has 1 N–H and O–H groups in total. The summed E-state index contributed by atoms with van der Waals surface area (Å²) in [7, 11) is 3.39. The first kappa shape index (κ1) is 22.1. The van der Waals surface area contributed by atoms with Crippen molar-refractivity contribution in [2.24, 2.45) is 14.1 Å². The number of aromatic nitrogens is 3. The Balaban J connectivity index is 1.83. The molecule has 172 valence electrons. The molecule has 0 radical (unpaired) electrons. The van der Waals surface area contributed by atoms with E-state index in [-0.39, 0.29) is 11.3 Å². The number of hydrogen-bond donors (Lipinski definition) is 1. The number of nitriles is 1. The van der Waals surface area contributed by atoms with Crippen LogP contribution in [0.2, 0.25) is 0 Å². The number of phenols is 1. The Morgan fingerprint density at radius 1 is 1.00 bits per heavy atom. The first-order valence-corrected chi connectivity index (χ1v) is 10.9. The highest BCUT2D eigenvalue weighted by molar-refractivity contribution is 5.95. The van der Waals surface area contributed by atoms with E-state index in [1.165, 1.54) is 23.2 Å². The van der Waals surface area contributed by atoms with Gasteiger partial charge in [-0.25, -0.2) is 9.37 Å². The molecule has 0 unspecified atom stereocenters. The van der Waals surface area contributed by atoms with Crippen LogP contribution in [0.3, 0.4) is 0 Å². The van der Waals surface area contributed by atoms with Crippen molar-refractivity contribution < 1.29 is 9.50 Å². The average molecular weight is 465 g/mol. The van der Waals surface area contributed by atoms with Crippen LogP contribution in [0.15, 0.2) is 90.1 Å². The van der Waals surface area contributed by atoms with E-state index in [1.54, 1.807) is 85.4 Å². The number of fused-ring (bicyclic) bond motifs is 1. The van der Waals surface area contributed by atoms with Crippen molar-refractivity contribution in [2.45, 2.75) is 5.67 Å². The average Bonchev–Trinajstić information content (AvgIpc) is 3.31. The number of alkyl halides is 1. The molecule has 0 aliphatic carbocycles. The molecule has 5 rings (SSSR count). The highest BCUT2D eigenvalue weighted by Gasteiger charge is 2.39.